The molecule has 0 radical (unpaired) electrons. The second-order valence-corrected chi connectivity index (χ2v) is 7.23. The first-order valence-corrected chi connectivity index (χ1v) is 9.37. The number of amides is 1. The molecule has 0 atom stereocenters. The molecule has 0 fully saturated rings. The van der Waals surface area contributed by atoms with Crippen molar-refractivity contribution < 1.29 is 19.1 Å². The van der Waals surface area contributed by atoms with Crippen molar-refractivity contribution in [2.45, 2.75) is 26.7 Å². The van der Waals surface area contributed by atoms with Gasteiger partial charge in [0.1, 0.15) is 21.7 Å². The molecule has 6 nitrogen and oxygen atoms in total. The summed E-state index contributed by atoms with van der Waals surface area (Å²) in [4.78, 5) is 24.2. The molecule has 0 unspecified atom stereocenters. The topological polar surface area (TPSA) is 88.4 Å². The normalized spacial score (nSPS) is 10.2. The Labute approximate surface area is 166 Å². The van der Waals surface area contributed by atoms with E-state index in [4.69, 9.17) is 21.1 Å². The predicted octanol–water partition coefficient (Wildman–Crippen LogP) is 4.47. The van der Waals surface area contributed by atoms with E-state index in [9.17, 15) is 14.9 Å². The van der Waals surface area contributed by atoms with Crippen LogP contribution < -0.4 is 10.1 Å². The number of nitrogens with zero attached hydrogens (tertiary/aromatic N) is 1. The summed E-state index contributed by atoms with van der Waals surface area (Å²) in [6, 6.07) is 7.37. The van der Waals surface area contributed by atoms with Crippen LogP contribution in [0, 0.1) is 25.2 Å². The number of benzene rings is 1. The number of hydrogen-bond donors (Lipinski definition) is 1. The van der Waals surface area contributed by atoms with Gasteiger partial charge in [-0.25, -0.2) is 4.79 Å². The summed E-state index contributed by atoms with van der Waals surface area (Å²) >= 11 is 6.94. The number of anilines is 1. The molecule has 1 amide bonds. The fourth-order valence-corrected chi connectivity index (χ4v) is 3.72. The second-order valence-electron chi connectivity index (χ2n) is 5.77. The lowest BCUT2D eigenvalue weighted by Crippen LogP contribution is -2.12. The van der Waals surface area contributed by atoms with Crippen LogP contribution in [0.15, 0.2) is 18.2 Å². The molecule has 1 heterocycles. The zero-order chi connectivity index (χ0) is 20.0. The van der Waals surface area contributed by atoms with Gasteiger partial charge < -0.3 is 14.8 Å². The molecule has 2 aromatic rings. The molecular weight excluding hydrogens is 388 g/mol. The van der Waals surface area contributed by atoms with Crippen molar-refractivity contribution >= 4 is 39.8 Å². The Morgan fingerprint density at radius 2 is 2.07 bits per heavy atom. The van der Waals surface area contributed by atoms with Crippen molar-refractivity contribution in [1.29, 1.82) is 5.26 Å². The van der Waals surface area contributed by atoms with Crippen LogP contribution >= 0.6 is 22.9 Å². The molecule has 1 aromatic carbocycles. The standard InChI is InChI=1S/C19H19ClN2O4S/c1-11-9-13(20)6-7-15(11)26-8-4-5-16(23)22-18-14(10-21)12(2)17(27-18)19(24)25-3/h6-7,9H,4-5,8H2,1-3H3,(H,22,23). The van der Waals surface area contributed by atoms with E-state index in [1.165, 1.54) is 7.11 Å². The first-order chi connectivity index (χ1) is 12.9. The third-order valence-corrected chi connectivity index (χ3v) is 5.25. The van der Waals surface area contributed by atoms with Crippen LogP contribution in [0.2, 0.25) is 5.02 Å². The number of nitriles is 1. The lowest BCUT2D eigenvalue weighted by Gasteiger charge is -2.09. The molecule has 1 aromatic heterocycles. The number of aryl methyl sites for hydroxylation is 1. The lowest BCUT2D eigenvalue weighted by molar-refractivity contribution is -0.116. The van der Waals surface area contributed by atoms with Crippen LogP contribution in [-0.4, -0.2) is 25.6 Å². The third-order valence-electron chi connectivity index (χ3n) is 3.83. The van der Waals surface area contributed by atoms with Crippen LogP contribution in [-0.2, 0) is 9.53 Å². The summed E-state index contributed by atoms with van der Waals surface area (Å²) < 4.78 is 10.4. The molecule has 0 aliphatic rings. The highest BCUT2D eigenvalue weighted by Gasteiger charge is 2.21. The van der Waals surface area contributed by atoms with Gasteiger partial charge in [0.15, 0.2) is 0 Å². The fraction of sp³-hybridized carbons (Fsp3) is 0.316. The highest BCUT2D eigenvalue weighted by Crippen LogP contribution is 2.33. The molecule has 2 rings (SSSR count). The number of nitrogens with one attached hydrogen (secondary N) is 1. The molecule has 0 saturated heterocycles. The highest BCUT2D eigenvalue weighted by atomic mass is 35.5. The molecule has 142 valence electrons. The molecule has 0 aliphatic heterocycles. The third kappa shape index (κ3) is 5.22. The Morgan fingerprint density at radius 3 is 2.70 bits per heavy atom. The van der Waals surface area contributed by atoms with Crippen molar-refractivity contribution in [1.82, 2.24) is 0 Å². The quantitative estimate of drug-likeness (QED) is 0.541. The number of carbonyl (C=O) groups excluding carboxylic acids is 2. The van der Waals surface area contributed by atoms with Gasteiger partial charge in [-0.1, -0.05) is 11.6 Å². The van der Waals surface area contributed by atoms with E-state index >= 15 is 0 Å². The molecule has 1 N–H and O–H groups in total. The van der Waals surface area contributed by atoms with Gasteiger partial charge in [0.05, 0.1) is 19.3 Å². The number of hydrogen-bond acceptors (Lipinski definition) is 6. The van der Waals surface area contributed by atoms with E-state index in [2.05, 4.69) is 5.32 Å². The maximum atomic E-state index is 12.2. The van der Waals surface area contributed by atoms with Crippen LogP contribution in [0.25, 0.3) is 0 Å². The SMILES string of the molecule is COC(=O)c1sc(NC(=O)CCCOc2ccc(Cl)cc2C)c(C#N)c1C. The number of ether oxygens (including phenoxy) is 2. The molecule has 8 heteroatoms. The maximum absolute atomic E-state index is 12.2. The van der Waals surface area contributed by atoms with Gasteiger partial charge in [-0.15, -0.1) is 11.3 Å². The Balaban J connectivity index is 1.90. The van der Waals surface area contributed by atoms with Crippen LogP contribution in [0.3, 0.4) is 0 Å². The Kier molecular flexibility index (Phi) is 7.22. The minimum Gasteiger partial charge on any atom is -0.493 e. The highest BCUT2D eigenvalue weighted by molar-refractivity contribution is 7.18. The summed E-state index contributed by atoms with van der Waals surface area (Å²) in [7, 11) is 1.27. The smallest absolute Gasteiger partial charge is 0.348 e. The molecule has 0 aliphatic carbocycles. The maximum Gasteiger partial charge on any atom is 0.348 e. The number of thiophene rings is 1. The number of esters is 1. The number of halogens is 1. The number of carbonyl (C=O) groups is 2. The van der Waals surface area contributed by atoms with Crippen molar-refractivity contribution in [3.63, 3.8) is 0 Å². The van der Waals surface area contributed by atoms with E-state index in [1.807, 2.05) is 19.1 Å². The van der Waals surface area contributed by atoms with Gasteiger partial charge in [0, 0.05) is 11.4 Å². The van der Waals surface area contributed by atoms with Crippen LogP contribution in [0.4, 0.5) is 5.00 Å². The average Bonchev–Trinajstić information content (AvgIpc) is 2.94. The predicted molar refractivity (Wildman–Crippen MR) is 105 cm³/mol. The van der Waals surface area contributed by atoms with E-state index < -0.39 is 5.97 Å². The van der Waals surface area contributed by atoms with E-state index in [0.717, 1.165) is 22.6 Å². The minimum absolute atomic E-state index is 0.224. The largest absolute Gasteiger partial charge is 0.493 e. The average molecular weight is 407 g/mol. The summed E-state index contributed by atoms with van der Waals surface area (Å²) in [6.07, 6.45) is 0.728. The fourth-order valence-electron chi connectivity index (χ4n) is 2.40. The summed E-state index contributed by atoms with van der Waals surface area (Å²) in [5, 5.41) is 13.0. The monoisotopic (exact) mass is 406 g/mol. The molecule has 27 heavy (non-hydrogen) atoms. The van der Waals surface area contributed by atoms with Crippen LogP contribution in [0.1, 0.15) is 39.2 Å². The molecule has 0 spiro atoms. The minimum atomic E-state index is -0.527. The Bertz CT molecular complexity index is 902. The first kappa shape index (κ1) is 20.7. The van der Waals surface area contributed by atoms with Crippen molar-refractivity contribution in [3.05, 3.63) is 44.8 Å². The van der Waals surface area contributed by atoms with Crippen LogP contribution in [0.5, 0.6) is 5.75 Å². The molecular formula is C19H19ClN2O4S. The first-order valence-electron chi connectivity index (χ1n) is 8.18. The zero-order valence-corrected chi connectivity index (χ0v) is 16.8. The second kappa shape index (κ2) is 9.40. The van der Waals surface area contributed by atoms with Crippen molar-refractivity contribution in [2.75, 3.05) is 19.0 Å². The van der Waals surface area contributed by atoms with Gasteiger partial charge >= 0.3 is 5.97 Å². The summed E-state index contributed by atoms with van der Waals surface area (Å²) in [5.74, 6) is -0.0509. The number of rotatable bonds is 7. The molecule has 0 bridgehead atoms. The number of methoxy groups -OCH3 is 1. The van der Waals surface area contributed by atoms with Gasteiger partial charge in [-0.05, 0) is 49.6 Å². The van der Waals surface area contributed by atoms with E-state index in [1.54, 1.807) is 19.1 Å². The summed E-state index contributed by atoms with van der Waals surface area (Å²) in [6.45, 7) is 3.92. The summed E-state index contributed by atoms with van der Waals surface area (Å²) in [5.41, 5.74) is 1.71. The Morgan fingerprint density at radius 1 is 1.33 bits per heavy atom. The van der Waals surface area contributed by atoms with E-state index in [-0.39, 0.29) is 17.9 Å². The van der Waals surface area contributed by atoms with Gasteiger partial charge in [0.2, 0.25) is 5.91 Å². The van der Waals surface area contributed by atoms with Crippen molar-refractivity contribution in [2.24, 2.45) is 0 Å². The van der Waals surface area contributed by atoms with Gasteiger partial charge in [0.25, 0.3) is 0 Å². The lowest BCUT2D eigenvalue weighted by atomic mass is 10.1. The van der Waals surface area contributed by atoms with E-state index in [0.29, 0.717) is 33.5 Å². The van der Waals surface area contributed by atoms with Gasteiger partial charge in [-0.2, -0.15) is 5.26 Å². The Hall–Kier alpha value is -2.56. The zero-order valence-electron chi connectivity index (χ0n) is 15.2. The van der Waals surface area contributed by atoms with Crippen molar-refractivity contribution in [3.8, 4) is 11.8 Å². The van der Waals surface area contributed by atoms with Gasteiger partial charge in [-0.3, -0.25) is 4.79 Å². The molecule has 0 saturated carbocycles.